The highest BCUT2D eigenvalue weighted by molar-refractivity contribution is 6.07. The summed E-state index contributed by atoms with van der Waals surface area (Å²) in [5.41, 5.74) is 0.0468. The van der Waals surface area contributed by atoms with Crippen molar-refractivity contribution in [1.82, 2.24) is 4.90 Å². The van der Waals surface area contributed by atoms with Gasteiger partial charge in [-0.15, -0.1) is 0 Å². The number of amides is 1. The molecule has 0 spiro atoms. The largest absolute Gasteiger partial charge is 0.476 e. The molecule has 0 aromatic carbocycles. The predicted molar refractivity (Wildman–Crippen MR) is 59.6 cm³/mol. The number of allylic oxidation sites excluding steroid dienone is 2. The number of fused-ring (bicyclic) bond motifs is 1. The second-order valence-electron chi connectivity index (χ2n) is 5.12. The summed E-state index contributed by atoms with van der Waals surface area (Å²) in [6.45, 7) is 7.31. The first kappa shape index (κ1) is 11.7. The SMILES string of the molecule is C/C=C1\C(=O)N2C(C(=O)O)=C(C(C)(C)C)OC12. The van der Waals surface area contributed by atoms with Crippen molar-refractivity contribution in [2.75, 3.05) is 0 Å². The second-order valence-corrected chi connectivity index (χ2v) is 5.12. The molecule has 1 unspecified atom stereocenters. The molecule has 2 aliphatic rings. The van der Waals surface area contributed by atoms with E-state index in [-0.39, 0.29) is 11.6 Å². The predicted octanol–water partition coefficient (Wildman–Crippen LogP) is 1.47. The van der Waals surface area contributed by atoms with E-state index in [0.717, 1.165) is 0 Å². The van der Waals surface area contributed by atoms with Crippen LogP contribution in [0, 0.1) is 5.41 Å². The Morgan fingerprint density at radius 2 is 2.06 bits per heavy atom. The molecule has 2 rings (SSSR count). The molecule has 0 saturated carbocycles. The van der Waals surface area contributed by atoms with Crippen LogP contribution in [0.3, 0.4) is 0 Å². The van der Waals surface area contributed by atoms with Gasteiger partial charge < -0.3 is 9.84 Å². The van der Waals surface area contributed by atoms with Crippen LogP contribution < -0.4 is 0 Å². The zero-order chi connectivity index (χ0) is 13.0. The number of carbonyl (C=O) groups excluding carboxylic acids is 1. The summed E-state index contributed by atoms with van der Waals surface area (Å²) < 4.78 is 5.61. The Balaban J connectivity index is 2.47. The molecule has 0 aromatic heterocycles. The quantitative estimate of drug-likeness (QED) is 0.554. The van der Waals surface area contributed by atoms with E-state index in [0.29, 0.717) is 11.3 Å². The number of carboxylic acid groups (broad SMARTS) is 1. The molecule has 0 bridgehead atoms. The van der Waals surface area contributed by atoms with Crippen molar-refractivity contribution in [2.24, 2.45) is 5.41 Å². The van der Waals surface area contributed by atoms with Gasteiger partial charge in [0.25, 0.3) is 5.91 Å². The first-order chi connectivity index (χ1) is 7.79. The number of aliphatic carboxylic acids is 1. The van der Waals surface area contributed by atoms with Gasteiger partial charge in [0.15, 0.2) is 5.70 Å². The van der Waals surface area contributed by atoms with Crippen LogP contribution in [-0.2, 0) is 14.3 Å². The average Bonchev–Trinajstić information content (AvgIpc) is 2.53. The molecule has 2 aliphatic heterocycles. The van der Waals surface area contributed by atoms with Gasteiger partial charge >= 0.3 is 5.97 Å². The van der Waals surface area contributed by atoms with E-state index < -0.39 is 17.6 Å². The molecule has 1 atom stereocenters. The van der Waals surface area contributed by atoms with E-state index in [2.05, 4.69) is 0 Å². The topological polar surface area (TPSA) is 66.8 Å². The maximum absolute atomic E-state index is 11.7. The minimum absolute atomic E-state index is 0.0295. The Morgan fingerprint density at radius 1 is 1.47 bits per heavy atom. The Labute approximate surface area is 99.4 Å². The van der Waals surface area contributed by atoms with Gasteiger partial charge in [0.05, 0.1) is 5.57 Å². The molecule has 1 fully saturated rings. The zero-order valence-electron chi connectivity index (χ0n) is 10.3. The number of rotatable bonds is 1. The molecule has 5 nitrogen and oxygen atoms in total. The van der Waals surface area contributed by atoms with Crippen LogP contribution in [0.25, 0.3) is 0 Å². The summed E-state index contributed by atoms with van der Waals surface area (Å²) in [7, 11) is 0. The Morgan fingerprint density at radius 3 is 2.47 bits per heavy atom. The highest BCUT2D eigenvalue weighted by Gasteiger charge is 2.55. The van der Waals surface area contributed by atoms with Crippen molar-refractivity contribution in [3.05, 3.63) is 23.1 Å². The maximum Gasteiger partial charge on any atom is 0.356 e. The van der Waals surface area contributed by atoms with Crippen LogP contribution in [0.2, 0.25) is 0 Å². The zero-order valence-corrected chi connectivity index (χ0v) is 10.3. The molecule has 1 saturated heterocycles. The number of hydrogen-bond acceptors (Lipinski definition) is 3. The number of β-lactam (4-membered cyclic amide) rings is 1. The van der Waals surface area contributed by atoms with Crippen molar-refractivity contribution < 1.29 is 19.4 Å². The third-order valence-electron chi connectivity index (χ3n) is 2.85. The van der Waals surface area contributed by atoms with E-state index in [9.17, 15) is 14.7 Å². The molecule has 92 valence electrons. The Hall–Kier alpha value is -1.78. The van der Waals surface area contributed by atoms with Crippen LogP contribution in [0.15, 0.2) is 23.1 Å². The van der Waals surface area contributed by atoms with E-state index >= 15 is 0 Å². The molecule has 1 amide bonds. The van der Waals surface area contributed by atoms with Gasteiger partial charge in [-0.05, 0) is 6.92 Å². The smallest absolute Gasteiger partial charge is 0.356 e. The number of ether oxygens (including phenoxy) is 1. The minimum Gasteiger partial charge on any atom is -0.476 e. The van der Waals surface area contributed by atoms with Crippen molar-refractivity contribution in [2.45, 2.75) is 33.9 Å². The first-order valence-electron chi connectivity index (χ1n) is 5.43. The van der Waals surface area contributed by atoms with Crippen LogP contribution in [0.5, 0.6) is 0 Å². The highest BCUT2D eigenvalue weighted by Crippen LogP contribution is 2.45. The monoisotopic (exact) mass is 237 g/mol. The number of hydrogen-bond donors (Lipinski definition) is 1. The third kappa shape index (κ3) is 1.45. The number of nitrogens with zero attached hydrogens (tertiary/aromatic N) is 1. The fraction of sp³-hybridized carbons (Fsp3) is 0.500. The Kier molecular flexibility index (Phi) is 2.31. The fourth-order valence-electron chi connectivity index (χ4n) is 2.03. The van der Waals surface area contributed by atoms with Gasteiger partial charge in [-0.1, -0.05) is 26.8 Å². The summed E-state index contributed by atoms with van der Waals surface area (Å²) in [5, 5.41) is 9.19. The fourth-order valence-corrected chi connectivity index (χ4v) is 2.03. The van der Waals surface area contributed by atoms with Gasteiger partial charge in [0.2, 0.25) is 6.23 Å². The molecule has 17 heavy (non-hydrogen) atoms. The lowest BCUT2D eigenvalue weighted by atomic mass is 9.92. The van der Waals surface area contributed by atoms with E-state index in [1.807, 2.05) is 20.8 Å². The van der Waals surface area contributed by atoms with Crippen LogP contribution in [0.1, 0.15) is 27.7 Å². The minimum atomic E-state index is -1.12. The average molecular weight is 237 g/mol. The third-order valence-corrected chi connectivity index (χ3v) is 2.85. The standard InChI is InChI=1S/C12H15NO4/c1-5-6-9(14)13-7(11(15)16)8(12(2,3)4)17-10(6)13/h5,10H,1-4H3,(H,15,16)/b6-5+. The highest BCUT2D eigenvalue weighted by atomic mass is 16.5. The molecular formula is C12H15NO4. The van der Waals surface area contributed by atoms with Gasteiger partial charge in [-0.2, -0.15) is 0 Å². The lowest BCUT2D eigenvalue weighted by Gasteiger charge is -2.35. The van der Waals surface area contributed by atoms with Crippen molar-refractivity contribution in [3.63, 3.8) is 0 Å². The normalized spacial score (nSPS) is 25.9. The molecule has 2 heterocycles. The lowest BCUT2D eigenvalue weighted by Crippen LogP contribution is -2.52. The molecule has 1 N–H and O–H groups in total. The van der Waals surface area contributed by atoms with Crippen LogP contribution in [-0.4, -0.2) is 28.1 Å². The van der Waals surface area contributed by atoms with Crippen molar-refractivity contribution in [1.29, 1.82) is 0 Å². The molecular weight excluding hydrogens is 222 g/mol. The van der Waals surface area contributed by atoms with Gasteiger partial charge in [-0.3, -0.25) is 9.69 Å². The molecule has 0 aromatic rings. The summed E-state index contributed by atoms with van der Waals surface area (Å²) >= 11 is 0. The van der Waals surface area contributed by atoms with Gasteiger partial charge in [0, 0.05) is 5.41 Å². The molecule has 0 aliphatic carbocycles. The summed E-state index contributed by atoms with van der Waals surface area (Å²) in [6, 6.07) is 0. The van der Waals surface area contributed by atoms with Gasteiger partial charge in [0.1, 0.15) is 5.76 Å². The molecule has 0 radical (unpaired) electrons. The number of carbonyl (C=O) groups is 2. The van der Waals surface area contributed by atoms with Crippen LogP contribution >= 0.6 is 0 Å². The number of carboxylic acids is 1. The maximum atomic E-state index is 11.7. The summed E-state index contributed by atoms with van der Waals surface area (Å²) in [5.74, 6) is -1.05. The summed E-state index contributed by atoms with van der Waals surface area (Å²) in [4.78, 5) is 24.2. The van der Waals surface area contributed by atoms with Crippen LogP contribution in [0.4, 0.5) is 0 Å². The second kappa shape index (κ2) is 3.35. The van der Waals surface area contributed by atoms with Gasteiger partial charge in [-0.25, -0.2) is 4.79 Å². The van der Waals surface area contributed by atoms with E-state index in [4.69, 9.17) is 4.74 Å². The van der Waals surface area contributed by atoms with E-state index in [1.165, 1.54) is 4.90 Å². The lowest BCUT2D eigenvalue weighted by molar-refractivity contribution is -0.147. The van der Waals surface area contributed by atoms with Crippen molar-refractivity contribution >= 4 is 11.9 Å². The molecule has 5 heteroatoms. The van der Waals surface area contributed by atoms with Crippen molar-refractivity contribution in [3.8, 4) is 0 Å². The first-order valence-corrected chi connectivity index (χ1v) is 5.43. The van der Waals surface area contributed by atoms with E-state index in [1.54, 1.807) is 13.0 Å². The summed E-state index contributed by atoms with van der Waals surface area (Å²) in [6.07, 6.45) is 1.11. The Bertz CT molecular complexity index is 467.